The Morgan fingerprint density at radius 1 is 1.55 bits per heavy atom. The van der Waals surface area contributed by atoms with Crippen LogP contribution >= 0.6 is 11.3 Å². The summed E-state index contributed by atoms with van der Waals surface area (Å²) >= 11 is 1.36. The highest BCUT2D eigenvalue weighted by molar-refractivity contribution is 7.09. The number of hydrogen-bond acceptors (Lipinski definition) is 6. The Hall–Kier alpha value is -1.47. The van der Waals surface area contributed by atoms with Crippen molar-refractivity contribution in [1.82, 2.24) is 9.88 Å². The number of rotatable bonds is 4. The van der Waals surface area contributed by atoms with Gasteiger partial charge in [-0.1, -0.05) is 0 Å². The average Bonchev–Trinajstić information content (AvgIpc) is 2.95. The Bertz CT molecular complexity index is 489. The number of likely N-dealkylation sites (tertiary alicyclic amines) is 1. The molecule has 1 aromatic rings. The van der Waals surface area contributed by atoms with Gasteiger partial charge in [-0.15, -0.1) is 11.3 Å². The Labute approximate surface area is 121 Å². The van der Waals surface area contributed by atoms with Crippen LogP contribution in [0.25, 0.3) is 0 Å². The summed E-state index contributed by atoms with van der Waals surface area (Å²) in [5, 5.41) is 2.42. The van der Waals surface area contributed by atoms with Crippen LogP contribution in [0.1, 0.15) is 41.7 Å². The number of amides is 1. The molecule has 1 saturated heterocycles. The van der Waals surface area contributed by atoms with E-state index >= 15 is 0 Å². The van der Waals surface area contributed by atoms with Gasteiger partial charge in [0.1, 0.15) is 16.7 Å². The minimum atomic E-state index is -0.487. The third-order valence-corrected chi connectivity index (χ3v) is 4.14. The van der Waals surface area contributed by atoms with E-state index < -0.39 is 6.04 Å². The molecule has 0 aromatic carbocycles. The van der Waals surface area contributed by atoms with Crippen LogP contribution in [0.15, 0.2) is 5.38 Å². The smallest absolute Gasteiger partial charge is 0.328 e. The molecule has 7 heteroatoms. The summed E-state index contributed by atoms with van der Waals surface area (Å²) in [5.74, 6) is -0.534. The van der Waals surface area contributed by atoms with Crippen LogP contribution in [-0.2, 0) is 16.1 Å². The van der Waals surface area contributed by atoms with Crippen LogP contribution in [0.3, 0.4) is 0 Å². The first-order valence-electron chi connectivity index (χ1n) is 6.79. The summed E-state index contributed by atoms with van der Waals surface area (Å²) in [7, 11) is 0. The lowest BCUT2D eigenvalue weighted by molar-refractivity contribution is -0.149. The monoisotopic (exact) mass is 297 g/mol. The molecule has 1 aromatic heterocycles. The van der Waals surface area contributed by atoms with Crippen LogP contribution in [0.2, 0.25) is 0 Å². The van der Waals surface area contributed by atoms with Crippen LogP contribution < -0.4 is 5.73 Å². The van der Waals surface area contributed by atoms with E-state index in [9.17, 15) is 9.59 Å². The molecule has 0 bridgehead atoms. The number of esters is 1. The first-order chi connectivity index (χ1) is 9.67. The van der Waals surface area contributed by atoms with Crippen molar-refractivity contribution in [2.75, 3.05) is 13.2 Å². The average molecular weight is 297 g/mol. The molecule has 0 aliphatic carbocycles. The van der Waals surface area contributed by atoms with Crippen LogP contribution in [0, 0.1) is 0 Å². The van der Waals surface area contributed by atoms with Gasteiger partial charge in [-0.3, -0.25) is 4.79 Å². The molecular formula is C13H19N3O3S. The normalized spacial score (nSPS) is 18.9. The summed E-state index contributed by atoms with van der Waals surface area (Å²) in [6, 6.07) is -0.487. The summed E-state index contributed by atoms with van der Waals surface area (Å²) in [5.41, 5.74) is 5.87. The van der Waals surface area contributed by atoms with Gasteiger partial charge in [0, 0.05) is 18.5 Å². The van der Waals surface area contributed by atoms with E-state index in [1.807, 2.05) is 0 Å². The van der Waals surface area contributed by atoms with Gasteiger partial charge >= 0.3 is 5.97 Å². The van der Waals surface area contributed by atoms with E-state index in [1.54, 1.807) is 17.2 Å². The molecule has 6 nitrogen and oxygen atoms in total. The maximum absolute atomic E-state index is 12.5. The number of ether oxygens (including phenoxy) is 1. The number of nitrogens with zero attached hydrogens (tertiary/aromatic N) is 2. The quantitative estimate of drug-likeness (QED) is 0.843. The summed E-state index contributed by atoms with van der Waals surface area (Å²) in [6.45, 7) is 2.98. The van der Waals surface area contributed by atoms with E-state index in [0.717, 1.165) is 17.8 Å². The van der Waals surface area contributed by atoms with E-state index in [0.29, 0.717) is 31.8 Å². The molecule has 1 aliphatic rings. The second-order valence-corrected chi connectivity index (χ2v) is 5.54. The second-order valence-electron chi connectivity index (χ2n) is 4.59. The van der Waals surface area contributed by atoms with E-state index in [-0.39, 0.29) is 11.9 Å². The van der Waals surface area contributed by atoms with Gasteiger partial charge in [0.25, 0.3) is 5.91 Å². The van der Waals surface area contributed by atoms with Crippen molar-refractivity contribution in [2.45, 2.75) is 38.8 Å². The van der Waals surface area contributed by atoms with Gasteiger partial charge in [0.15, 0.2) is 0 Å². The van der Waals surface area contributed by atoms with Crippen molar-refractivity contribution >= 4 is 23.2 Å². The van der Waals surface area contributed by atoms with Crippen LogP contribution in [-0.4, -0.2) is 41.0 Å². The largest absolute Gasteiger partial charge is 0.464 e. The van der Waals surface area contributed by atoms with Crippen molar-refractivity contribution in [3.8, 4) is 0 Å². The SMILES string of the molecule is CCOC(=O)C1CCCCN1C(=O)c1csc(CN)n1. The molecule has 0 radical (unpaired) electrons. The fraction of sp³-hybridized carbons (Fsp3) is 0.615. The molecule has 0 spiro atoms. The fourth-order valence-corrected chi connectivity index (χ4v) is 2.96. The number of piperidine rings is 1. The van der Waals surface area contributed by atoms with Crippen LogP contribution in [0.4, 0.5) is 0 Å². The lowest BCUT2D eigenvalue weighted by atomic mass is 10.0. The molecule has 2 N–H and O–H groups in total. The van der Waals surface area contributed by atoms with E-state index in [1.165, 1.54) is 11.3 Å². The standard InChI is InChI=1S/C13H19N3O3S/c1-2-19-13(18)10-5-3-4-6-16(10)12(17)9-8-20-11(7-14)15-9/h8,10H,2-7,14H2,1H3. The number of thiazole rings is 1. The van der Waals surface area contributed by atoms with Crippen molar-refractivity contribution in [3.63, 3.8) is 0 Å². The first kappa shape index (κ1) is 14.9. The van der Waals surface area contributed by atoms with Crippen molar-refractivity contribution in [3.05, 3.63) is 16.1 Å². The second kappa shape index (κ2) is 6.81. The minimum absolute atomic E-state index is 0.210. The molecule has 1 fully saturated rings. The van der Waals surface area contributed by atoms with Crippen molar-refractivity contribution in [2.24, 2.45) is 5.73 Å². The molecule has 1 unspecified atom stereocenters. The predicted octanol–water partition coefficient (Wildman–Crippen LogP) is 1.16. The number of hydrogen-bond donors (Lipinski definition) is 1. The highest BCUT2D eigenvalue weighted by atomic mass is 32.1. The number of carbonyl (C=O) groups excluding carboxylic acids is 2. The number of aromatic nitrogens is 1. The zero-order chi connectivity index (χ0) is 14.5. The Balaban J connectivity index is 2.14. The minimum Gasteiger partial charge on any atom is -0.464 e. The summed E-state index contributed by atoms with van der Waals surface area (Å²) in [4.78, 5) is 30.2. The maximum Gasteiger partial charge on any atom is 0.328 e. The van der Waals surface area contributed by atoms with Gasteiger partial charge in [-0.05, 0) is 26.2 Å². The highest BCUT2D eigenvalue weighted by Gasteiger charge is 2.34. The Morgan fingerprint density at radius 2 is 2.35 bits per heavy atom. The first-order valence-corrected chi connectivity index (χ1v) is 7.67. The third-order valence-electron chi connectivity index (χ3n) is 3.27. The van der Waals surface area contributed by atoms with Gasteiger partial charge < -0.3 is 15.4 Å². The van der Waals surface area contributed by atoms with E-state index in [2.05, 4.69) is 4.98 Å². The zero-order valence-corrected chi connectivity index (χ0v) is 12.3. The molecule has 1 aliphatic heterocycles. The third kappa shape index (κ3) is 3.16. The molecular weight excluding hydrogens is 278 g/mol. The molecule has 20 heavy (non-hydrogen) atoms. The van der Waals surface area contributed by atoms with Crippen molar-refractivity contribution in [1.29, 1.82) is 0 Å². The Kier molecular flexibility index (Phi) is 5.08. The highest BCUT2D eigenvalue weighted by Crippen LogP contribution is 2.21. The van der Waals surface area contributed by atoms with Crippen molar-refractivity contribution < 1.29 is 14.3 Å². The van der Waals surface area contributed by atoms with Gasteiger partial charge in [0.2, 0.25) is 0 Å². The molecule has 0 saturated carbocycles. The number of nitrogens with two attached hydrogens (primary N) is 1. The fourth-order valence-electron chi connectivity index (χ4n) is 2.31. The molecule has 2 rings (SSSR count). The molecule has 2 heterocycles. The lowest BCUT2D eigenvalue weighted by Crippen LogP contribution is -2.48. The summed E-state index contributed by atoms with van der Waals surface area (Å²) in [6.07, 6.45) is 2.48. The van der Waals surface area contributed by atoms with Crippen LogP contribution in [0.5, 0.6) is 0 Å². The van der Waals surface area contributed by atoms with Gasteiger partial charge in [-0.25, -0.2) is 9.78 Å². The molecule has 110 valence electrons. The van der Waals surface area contributed by atoms with E-state index in [4.69, 9.17) is 10.5 Å². The predicted molar refractivity (Wildman–Crippen MR) is 75.3 cm³/mol. The molecule has 1 atom stereocenters. The maximum atomic E-state index is 12.5. The number of carbonyl (C=O) groups is 2. The zero-order valence-electron chi connectivity index (χ0n) is 11.5. The van der Waals surface area contributed by atoms with Gasteiger partial charge in [0.05, 0.1) is 6.61 Å². The lowest BCUT2D eigenvalue weighted by Gasteiger charge is -2.33. The Morgan fingerprint density at radius 3 is 3.00 bits per heavy atom. The van der Waals surface area contributed by atoms with Gasteiger partial charge in [-0.2, -0.15) is 0 Å². The topological polar surface area (TPSA) is 85.5 Å². The molecule has 1 amide bonds. The summed E-state index contributed by atoms with van der Waals surface area (Å²) < 4.78 is 5.05.